The Morgan fingerprint density at radius 2 is 2.29 bits per heavy atom. The fourth-order valence-corrected chi connectivity index (χ4v) is 1.35. The third kappa shape index (κ3) is 2.68. The molecule has 1 aliphatic heterocycles. The van der Waals surface area contributed by atoms with Crippen LogP contribution in [0.2, 0.25) is 0 Å². The van der Waals surface area contributed by atoms with Gasteiger partial charge in [-0.3, -0.25) is 4.79 Å². The number of amides is 1. The van der Waals surface area contributed by atoms with Gasteiger partial charge in [-0.05, 0) is 13.0 Å². The zero-order valence-electron chi connectivity index (χ0n) is 7.69. The molecular formula is C8H14N2O4. The summed E-state index contributed by atoms with van der Waals surface area (Å²) in [7, 11) is 0. The molecule has 4 N–H and O–H groups in total. The molecule has 1 heterocycles. The fourth-order valence-electron chi connectivity index (χ4n) is 1.35. The van der Waals surface area contributed by atoms with Crippen LogP contribution in [0, 0.1) is 5.92 Å². The minimum absolute atomic E-state index is 0.177. The molecule has 0 spiro atoms. The maximum Gasteiger partial charge on any atom is 0.328 e. The first-order chi connectivity index (χ1) is 6.65. The van der Waals surface area contributed by atoms with Gasteiger partial charge in [-0.1, -0.05) is 0 Å². The quantitative estimate of drug-likeness (QED) is 0.429. The first kappa shape index (κ1) is 10.9. The Bertz CT molecular complexity index is 225. The molecule has 6 nitrogen and oxygen atoms in total. The number of carbonyl (C=O) groups is 2. The van der Waals surface area contributed by atoms with E-state index in [0.717, 1.165) is 6.54 Å². The van der Waals surface area contributed by atoms with Gasteiger partial charge in [0.25, 0.3) is 0 Å². The van der Waals surface area contributed by atoms with E-state index in [1.165, 1.54) is 0 Å². The van der Waals surface area contributed by atoms with Crippen LogP contribution in [0.4, 0.5) is 0 Å². The van der Waals surface area contributed by atoms with Gasteiger partial charge < -0.3 is 20.8 Å². The molecule has 0 aromatic rings. The Labute approximate surface area is 81.3 Å². The molecule has 1 saturated heterocycles. The Balaban J connectivity index is 2.41. The smallest absolute Gasteiger partial charge is 0.328 e. The zero-order valence-corrected chi connectivity index (χ0v) is 7.69. The van der Waals surface area contributed by atoms with Crippen LogP contribution in [0.15, 0.2) is 0 Å². The van der Waals surface area contributed by atoms with Gasteiger partial charge >= 0.3 is 5.97 Å². The number of aliphatic hydroxyl groups excluding tert-OH is 1. The van der Waals surface area contributed by atoms with E-state index in [1.807, 2.05) is 0 Å². The number of hydrogen-bond acceptors (Lipinski definition) is 4. The summed E-state index contributed by atoms with van der Waals surface area (Å²) < 4.78 is 0. The minimum atomic E-state index is -1.22. The van der Waals surface area contributed by atoms with Crippen LogP contribution < -0.4 is 10.6 Å². The molecular weight excluding hydrogens is 188 g/mol. The SMILES string of the molecule is O=C(NC(CO)C(=O)O)C1CCNC1. The van der Waals surface area contributed by atoms with E-state index in [1.54, 1.807) is 0 Å². The number of carboxylic acids is 1. The second kappa shape index (κ2) is 4.92. The van der Waals surface area contributed by atoms with Crippen molar-refractivity contribution in [2.75, 3.05) is 19.7 Å². The summed E-state index contributed by atoms with van der Waals surface area (Å²) in [5.74, 6) is -1.70. The van der Waals surface area contributed by atoms with E-state index in [-0.39, 0.29) is 11.8 Å². The number of aliphatic carboxylic acids is 1. The van der Waals surface area contributed by atoms with Crippen molar-refractivity contribution in [1.29, 1.82) is 0 Å². The molecule has 14 heavy (non-hydrogen) atoms. The topological polar surface area (TPSA) is 98.7 Å². The lowest BCUT2D eigenvalue weighted by atomic mass is 10.1. The first-order valence-corrected chi connectivity index (χ1v) is 4.50. The lowest BCUT2D eigenvalue weighted by molar-refractivity contribution is -0.143. The lowest BCUT2D eigenvalue weighted by Crippen LogP contribution is -2.46. The Kier molecular flexibility index (Phi) is 3.84. The number of aliphatic hydroxyl groups is 1. The molecule has 1 rings (SSSR count). The summed E-state index contributed by atoms with van der Waals surface area (Å²) in [4.78, 5) is 21.9. The molecule has 2 unspecified atom stereocenters. The Hall–Kier alpha value is -1.14. The van der Waals surface area contributed by atoms with E-state index in [4.69, 9.17) is 10.2 Å². The van der Waals surface area contributed by atoms with Crippen LogP contribution in [0.3, 0.4) is 0 Å². The summed E-state index contributed by atoms with van der Waals surface area (Å²) >= 11 is 0. The van der Waals surface area contributed by atoms with Crippen LogP contribution in [-0.2, 0) is 9.59 Å². The van der Waals surface area contributed by atoms with E-state index in [0.29, 0.717) is 13.0 Å². The lowest BCUT2D eigenvalue weighted by Gasteiger charge is -2.14. The third-order valence-corrected chi connectivity index (χ3v) is 2.23. The van der Waals surface area contributed by atoms with Crippen LogP contribution in [0.1, 0.15) is 6.42 Å². The average molecular weight is 202 g/mol. The van der Waals surface area contributed by atoms with Gasteiger partial charge in [0.05, 0.1) is 12.5 Å². The molecule has 80 valence electrons. The molecule has 6 heteroatoms. The normalized spacial score (nSPS) is 23.1. The van der Waals surface area contributed by atoms with E-state index in [2.05, 4.69) is 10.6 Å². The van der Waals surface area contributed by atoms with Gasteiger partial charge in [0.1, 0.15) is 6.04 Å². The van der Waals surface area contributed by atoms with Crippen molar-refractivity contribution in [2.24, 2.45) is 5.92 Å². The predicted octanol–water partition coefficient (Wildman–Crippen LogP) is -1.84. The molecule has 0 bridgehead atoms. The Morgan fingerprint density at radius 3 is 2.71 bits per heavy atom. The number of nitrogens with one attached hydrogen (secondary N) is 2. The largest absolute Gasteiger partial charge is 0.480 e. The van der Waals surface area contributed by atoms with Crippen molar-refractivity contribution in [2.45, 2.75) is 12.5 Å². The van der Waals surface area contributed by atoms with Crippen LogP contribution >= 0.6 is 0 Å². The van der Waals surface area contributed by atoms with Crippen molar-refractivity contribution < 1.29 is 19.8 Å². The van der Waals surface area contributed by atoms with Crippen molar-refractivity contribution in [3.8, 4) is 0 Å². The van der Waals surface area contributed by atoms with Gasteiger partial charge in [0.15, 0.2) is 0 Å². The third-order valence-electron chi connectivity index (χ3n) is 2.23. The highest BCUT2D eigenvalue weighted by Crippen LogP contribution is 2.07. The zero-order chi connectivity index (χ0) is 10.6. The van der Waals surface area contributed by atoms with Crippen LogP contribution in [-0.4, -0.2) is 47.8 Å². The minimum Gasteiger partial charge on any atom is -0.480 e. The second-order valence-corrected chi connectivity index (χ2v) is 3.27. The molecule has 0 aromatic carbocycles. The van der Waals surface area contributed by atoms with E-state index < -0.39 is 18.6 Å². The van der Waals surface area contributed by atoms with Crippen molar-refractivity contribution >= 4 is 11.9 Å². The molecule has 1 aliphatic rings. The summed E-state index contributed by atoms with van der Waals surface area (Å²) in [6.07, 6.45) is 0.712. The second-order valence-electron chi connectivity index (χ2n) is 3.27. The maximum absolute atomic E-state index is 11.4. The number of hydrogen-bond donors (Lipinski definition) is 4. The van der Waals surface area contributed by atoms with Gasteiger partial charge in [0.2, 0.25) is 5.91 Å². The summed E-state index contributed by atoms with van der Waals surface area (Å²) in [6.45, 7) is 0.764. The first-order valence-electron chi connectivity index (χ1n) is 4.50. The predicted molar refractivity (Wildman–Crippen MR) is 47.6 cm³/mol. The average Bonchev–Trinajstić information content (AvgIpc) is 2.65. The van der Waals surface area contributed by atoms with Crippen molar-refractivity contribution in [3.05, 3.63) is 0 Å². The monoisotopic (exact) mass is 202 g/mol. The molecule has 1 fully saturated rings. The van der Waals surface area contributed by atoms with Crippen molar-refractivity contribution in [1.82, 2.24) is 10.6 Å². The van der Waals surface area contributed by atoms with Gasteiger partial charge in [-0.25, -0.2) is 4.79 Å². The van der Waals surface area contributed by atoms with E-state index >= 15 is 0 Å². The molecule has 0 saturated carbocycles. The molecule has 0 aliphatic carbocycles. The molecule has 2 atom stereocenters. The van der Waals surface area contributed by atoms with Gasteiger partial charge in [-0.2, -0.15) is 0 Å². The van der Waals surface area contributed by atoms with Gasteiger partial charge in [-0.15, -0.1) is 0 Å². The van der Waals surface area contributed by atoms with E-state index in [9.17, 15) is 9.59 Å². The van der Waals surface area contributed by atoms with Gasteiger partial charge in [0, 0.05) is 6.54 Å². The fraction of sp³-hybridized carbons (Fsp3) is 0.750. The highest BCUT2D eigenvalue weighted by Gasteiger charge is 2.26. The standard InChI is InChI=1S/C8H14N2O4/c11-4-6(8(13)14)10-7(12)5-1-2-9-3-5/h5-6,9,11H,1-4H2,(H,10,12)(H,13,14). The Morgan fingerprint density at radius 1 is 1.57 bits per heavy atom. The summed E-state index contributed by atoms with van der Waals surface area (Å²) in [5, 5.41) is 22.5. The molecule has 0 radical (unpaired) electrons. The number of rotatable bonds is 4. The highest BCUT2D eigenvalue weighted by molar-refractivity contribution is 5.85. The number of carboxylic acid groups (broad SMARTS) is 1. The molecule has 1 amide bonds. The maximum atomic E-state index is 11.4. The summed E-state index contributed by atoms with van der Waals surface area (Å²) in [5.41, 5.74) is 0. The van der Waals surface area contributed by atoms with Crippen LogP contribution in [0.5, 0.6) is 0 Å². The van der Waals surface area contributed by atoms with Crippen LogP contribution in [0.25, 0.3) is 0 Å². The van der Waals surface area contributed by atoms with Crippen molar-refractivity contribution in [3.63, 3.8) is 0 Å². The summed E-state index contributed by atoms with van der Waals surface area (Å²) in [6, 6.07) is -1.19. The molecule has 0 aromatic heterocycles. The highest BCUT2D eigenvalue weighted by atomic mass is 16.4. The number of carbonyl (C=O) groups excluding carboxylic acids is 1.